The number of hydrogen-bond donors (Lipinski definition) is 0. The van der Waals surface area contributed by atoms with Gasteiger partial charge in [-0.2, -0.15) is 0 Å². The third-order valence-electron chi connectivity index (χ3n) is 6.65. The van der Waals surface area contributed by atoms with E-state index in [2.05, 4.69) is 0 Å². The zero-order valence-electron chi connectivity index (χ0n) is 16.0. The maximum Gasteiger partial charge on any atom is 0.339 e. The second-order valence-corrected chi connectivity index (χ2v) is 8.60. The van der Waals surface area contributed by atoms with Gasteiger partial charge in [0.2, 0.25) is 0 Å². The average Bonchev–Trinajstić information content (AvgIpc) is 2.72. The highest BCUT2D eigenvalue weighted by atomic mass is 16.5. The van der Waals surface area contributed by atoms with E-state index in [9.17, 15) is 9.59 Å². The molecule has 5 rings (SSSR count). The van der Waals surface area contributed by atoms with Crippen LogP contribution in [0.4, 0.5) is 0 Å². The van der Waals surface area contributed by atoms with E-state index >= 15 is 0 Å². The van der Waals surface area contributed by atoms with E-state index < -0.39 is 0 Å². The molecule has 2 aromatic rings. The number of carbonyl (C=O) groups excluding carboxylic acids is 2. The smallest absolute Gasteiger partial charge is 0.339 e. The van der Waals surface area contributed by atoms with Crippen molar-refractivity contribution >= 4 is 11.9 Å². The number of hydrogen-bond acceptors (Lipinski definition) is 3. The van der Waals surface area contributed by atoms with Crippen molar-refractivity contribution in [3.8, 4) is 0 Å². The minimum atomic E-state index is -0.306. The Morgan fingerprint density at radius 2 is 1.75 bits per heavy atom. The summed E-state index contributed by atoms with van der Waals surface area (Å²) in [5, 5.41) is 0. The highest BCUT2D eigenvalue weighted by molar-refractivity contribution is 5.98. The minimum Gasteiger partial charge on any atom is -0.454 e. The van der Waals surface area contributed by atoms with E-state index in [0.29, 0.717) is 23.0 Å². The number of fused-ring (bicyclic) bond motifs is 1. The molecule has 3 aliphatic rings. The Kier molecular flexibility index (Phi) is 4.22. The van der Waals surface area contributed by atoms with Crippen LogP contribution in [0.3, 0.4) is 0 Å². The maximum absolute atomic E-state index is 13.0. The van der Waals surface area contributed by atoms with E-state index in [1.165, 1.54) is 32.1 Å². The van der Waals surface area contributed by atoms with E-state index in [-0.39, 0.29) is 18.0 Å². The summed E-state index contributed by atoms with van der Waals surface area (Å²) in [6.45, 7) is 1.77. The fraction of sp³-hybridized carbons (Fsp3) is 0.417. The number of nitrogens with zero attached hydrogens (tertiary/aromatic N) is 1. The molecule has 4 heteroatoms. The van der Waals surface area contributed by atoms with E-state index in [0.717, 1.165) is 24.2 Å². The Balaban J connectivity index is 1.34. The first kappa shape index (κ1) is 17.5. The third kappa shape index (κ3) is 3.01. The van der Waals surface area contributed by atoms with Crippen LogP contribution in [0.15, 0.2) is 48.5 Å². The average molecular weight is 375 g/mol. The Labute approximate surface area is 165 Å². The highest BCUT2D eigenvalue weighted by Gasteiger charge is 2.45. The van der Waals surface area contributed by atoms with E-state index in [1.54, 1.807) is 12.1 Å². The number of esters is 1. The first-order valence-electron chi connectivity index (χ1n) is 10.3. The van der Waals surface area contributed by atoms with Gasteiger partial charge in [0.1, 0.15) is 6.10 Å². The van der Waals surface area contributed by atoms with Crippen LogP contribution in [-0.2, 0) is 11.2 Å². The molecule has 1 atom stereocenters. The lowest BCUT2D eigenvalue weighted by Crippen LogP contribution is -2.59. The molecule has 1 aliphatic carbocycles. The van der Waals surface area contributed by atoms with Gasteiger partial charge in [-0.05, 0) is 42.2 Å². The molecule has 2 aliphatic heterocycles. The van der Waals surface area contributed by atoms with Gasteiger partial charge in [-0.25, -0.2) is 4.79 Å². The predicted molar refractivity (Wildman–Crippen MR) is 106 cm³/mol. The van der Waals surface area contributed by atoms with Crippen molar-refractivity contribution < 1.29 is 14.3 Å². The van der Waals surface area contributed by atoms with Crippen LogP contribution in [0.5, 0.6) is 0 Å². The highest BCUT2D eigenvalue weighted by Crippen LogP contribution is 2.44. The Bertz CT molecular complexity index is 907. The van der Waals surface area contributed by atoms with Gasteiger partial charge in [0, 0.05) is 30.5 Å². The molecule has 2 heterocycles. The fourth-order valence-corrected chi connectivity index (χ4v) is 5.09. The number of ether oxygens (including phenoxy) is 1. The van der Waals surface area contributed by atoms with Crippen molar-refractivity contribution in [2.24, 2.45) is 5.41 Å². The molecule has 1 saturated carbocycles. The lowest BCUT2D eigenvalue weighted by molar-refractivity contribution is -0.0155. The van der Waals surface area contributed by atoms with Crippen LogP contribution in [-0.4, -0.2) is 29.9 Å². The topological polar surface area (TPSA) is 46.6 Å². The number of amides is 1. The molecule has 0 N–H and O–H groups in total. The summed E-state index contributed by atoms with van der Waals surface area (Å²) in [6.07, 6.45) is 6.75. The predicted octanol–water partition coefficient (Wildman–Crippen LogP) is 4.55. The molecule has 1 spiro atoms. The van der Waals surface area contributed by atoms with Crippen molar-refractivity contribution in [2.45, 2.75) is 44.6 Å². The molecular formula is C24H25NO3. The standard InChI is InChI=1S/C24H25NO3/c26-22(25-15-24(16-25)11-5-2-6-12-24)18-9-10-20-19(13-18)14-21(28-23(20)27)17-7-3-1-4-8-17/h1,3-4,7-10,13,21H,2,5-6,11-12,14-16H2/t21-/m1/s1. The normalized spacial score (nSPS) is 22.9. The first-order valence-corrected chi connectivity index (χ1v) is 10.3. The molecule has 1 saturated heterocycles. The lowest BCUT2D eigenvalue weighted by atomic mass is 9.68. The molecule has 28 heavy (non-hydrogen) atoms. The molecule has 0 unspecified atom stereocenters. The van der Waals surface area contributed by atoms with Crippen molar-refractivity contribution in [2.75, 3.05) is 13.1 Å². The minimum absolute atomic E-state index is 0.0919. The maximum atomic E-state index is 13.0. The third-order valence-corrected chi connectivity index (χ3v) is 6.65. The van der Waals surface area contributed by atoms with Crippen molar-refractivity contribution in [3.63, 3.8) is 0 Å². The molecule has 4 nitrogen and oxygen atoms in total. The molecule has 0 radical (unpaired) electrons. The number of rotatable bonds is 2. The molecule has 2 aromatic carbocycles. The first-order chi connectivity index (χ1) is 13.6. The summed E-state index contributed by atoms with van der Waals surface area (Å²) in [6, 6.07) is 15.2. The number of carbonyl (C=O) groups is 2. The van der Waals surface area contributed by atoms with Gasteiger partial charge in [0.25, 0.3) is 5.91 Å². The van der Waals surface area contributed by atoms with Crippen LogP contribution < -0.4 is 0 Å². The summed E-state index contributed by atoms with van der Waals surface area (Å²) >= 11 is 0. The van der Waals surface area contributed by atoms with Gasteiger partial charge in [-0.1, -0.05) is 49.6 Å². The Morgan fingerprint density at radius 3 is 2.50 bits per heavy atom. The summed E-state index contributed by atoms with van der Waals surface area (Å²) in [5.74, 6) is -0.214. The summed E-state index contributed by atoms with van der Waals surface area (Å²) in [4.78, 5) is 27.4. The Morgan fingerprint density at radius 1 is 1.00 bits per heavy atom. The van der Waals surface area contributed by atoms with Gasteiger partial charge < -0.3 is 9.64 Å². The van der Waals surface area contributed by atoms with Crippen LogP contribution in [0.2, 0.25) is 0 Å². The Hall–Kier alpha value is -2.62. The SMILES string of the molecule is O=C1O[C@@H](c2ccccc2)Cc2cc(C(=O)N3CC4(CCCCC4)C3)ccc21. The molecule has 1 amide bonds. The summed E-state index contributed by atoms with van der Waals surface area (Å²) in [5.41, 5.74) is 3.54. The zero-order chi connectivity index (χ0) is 19.1. The van der Waals surface area contributed by atoms with E-state index in [1.807, 2.05) is 41.3 Å². The van der Waals surface area contributed by atoms with Gasteiger partial charge >= 0.3 is 5.97 Å². The molecular weight excluding hydrogens is 350 g/mol. The second-order valence-electron chi connectivity index (χ2n) is 8.60. The molecule has 2 fully saturated rings. The second kappa shape index (κ2) is 6.77. The van der Waals surface area contributed by atoms with Gasteiger partial charge in [0.15, 0.2) is 0 Å². The molecule has 0 aromatic heterocycles. The summed E-state index contributed by atoms with van der Waals surface area (Å²) < 4.78 is 5.62. The van der Waals surface area contributed by atoms with Crippen molar-refractivity contribution in [3.05, 3.63) is 70.8 Å². The van der Waals surface area contributed by atoms with Gasteiger partial charge in [-0.3, -0.25) is 4.79 Å². The fourth-order valence-electron chi connectivity index (χ4n) is 5.09. The number of benzene rings is 2. The van der Waals surface area contributed by atoms with Gasteiger partial charge in [0.05, 0.1) is 5.56 Å². The molecule has 144 valence electrons. The zero-order valence-corrected chi connectivity index (χ0v) is 16.0. The van der Waals surface area contributed by atoms with Crippen LogP contribution >= 0.6 is 0 Å². The molecule has 0 bridgehead atoms. The van der Waals surface area contributed by atoms with Crippen LogP contribution in [0, 0.1) is 5.41 Å². The summed E-state index contributed by atoms with van der Waals surface area (Å²) in [7, 11) is 0. The van der Waals surface area contributed by atoms with Crippen LogP contribution in [0.25, 0.3) is 0 Å². The van der Waals surface area contributed by atoms with Crippen molar-refractivity contribution in [1.29, 1.82) is 0 Å². The number of cyclic esters (lactones) is 1. The monoisotopic (exact) mass is 375 g/mol. The van der Waals surface area contributed by atoms with Crippen molar-refractivity contribution in [1.82, 2.24) is 4.90 Å². The largest absolute Gasteiger partial charge is 0.454 e. The number of likely N-dealkylation sites (tertiary alicyclic amines) is 1. The quantitative estimate of drug-likeness (QED) is 0.724. The van der Waals surface area contributed by atoms with Crippen LogP contribution in [0.1, 0.15) is 70.1 Å². The van der Waals surface area contributed by atoms with Gasteiger partial charge in [-0.15, -0.1) is 0 Å². The van der Waals surface area contributed by atoms with E-state index in [4.69, 9.17) is 4.74 Å². The lowest BCUT2D eigenvalue weighted by Gasteiger charge is -2.52.